The average molecular weight is 271 g/mol. The molecule has 0 amide bonds. The van der Waals surface area contributed by atoms with Gasteiger partial charge in [0.05, 0.1) is 6.10 Å². The minimum Gasteiger partial charge on any atom is -0.377 e. The molecule has 0 fully saturated rings. The van der Waals surface area contributed by atoms with Crippen LogP contribution in [-0.4, -0.2) is 25.8 Å². The highest BCUT2D eigenvalue weighted by Crippen LogP contribution is 2.15. The first-order valence-corrected chi connectivity index (χ1v) is 8.58. The summed E-state index contributed by atoms with van der Waals surface area (Å²) < 4.78 is 5.88. The van der Waals surface area contributed by atoms with E-state index in [4.69, 9.17) is 4.74 Å². The fourth-order valence-electron chi connectivity index (χ4n) is 2.74. The smallest absolute Gasteiger partial charge is 0.0727 e. The van der Waals surface area contributed by atoms with E-state index in [0.717, 1.165) is 6.61 Å². The van der Waals surface area contributed by atoms with Crippen molar-refractivity contribution in [2.45, 2.75) is 97.1 Å². The predicted molar refractivity (Wildman–Crippen MR) is 85.8 cm³/mol. The first-order chi connectivity index (χ1) is 9.29. The molecule has 0 saturated carbocycles. The van der Waals surface area contributed by atoms with Gasteiger partial charge in [-0.15, -0.1) is 0 Å². The monoisotopic (exact) mass is 271 g/mol. The van der Waals surface area contributed by atoms with Crippen LogP contribution in [-0.2, 0) is 4.74 Å². The molecule has 0 heterocycles. The number of hydrogen-bond acceptors (Lipinski definition) is 2. The highest BCUT2D eigenvalue weighted by atomic mass is 16.5. The van der Waals surface area contributed by atoms with Crippen LogP contribution in [0.15, 0.2) is 0 Å². The quantitative estimate of drug-likeness (QED) is 0.453. The number of nitrogens with one attached hydrogen (secondary N) is 1. The Morgan fingerprint density at radius 2 is 1.42 bits per heavy atom. The van der Waals surface area contributed by atoms with Crippen molar-refractivity contribution in [3.8, 4) is 0 Å². The third kappa shape index (κ3) is 10.4. The summed E-state index contributed by atoms with van der Waals surface area (Å²) in [5, 5.41) is 3.46. The molecular weight excluding hydrogens is 234 g/mol. The summed E-state index contributed by atoms with van der Waals surface area (Å²) in [4.78, 5) is 0. The Morgan fingerprint density at radius 3 is 1.95 bits per heavy atom. The summed E-state index contributed by atoms with van der Waals surface area (Å²) in [6, 6.07) is 0.538. The van der Waals surface area contributed by atoms with E-state index in [1.54, 1.807) is 0 Å². The molecule has 2 nitrogen and oxygen atoms in total. The van der Waals surface area contributed by atoms with Crippen molar-refractivity contribution in [1.82, 2.24) is 5.32 Å². The Kier molecular flexibility index (Phi) is 14.3. The van der Waals surface area contributed by atoms with Gasteiger partial charge < -0.3 is 10.1 Å². The summed E-state index contributed by atoms with van der Waals surface area (Å²) in [5.74, 6) is 0. The van der Waals surface area contributed by atoms with Gasteiger partial charge in [0.15, 0.2) is 0 Å². The summed E-state index contributed by atoms with van der Waals surface area (Å²) in [7, 11) is 2.08. The lowest BCUT2D eigenvalue weighted by Crippen LogP contribution is -2.39. The Morgan fingerprint density at radius 1 is 0.789 bits per heavy atom. The fraction of sp³-hybridized carbons (Fsp3) is 1.00. The summed E-state index contributed by atoms with van der Waals surface area (Å²) in [5.41, 5.74) is 0. The zero-order valence-corrected chi connectivity index (χ0v) is 13.8. The van der Waals surface area contributed by atoms with Crippen molar-refractivity contribution in [2.24, 2.45) is 0 Å². The second kappa shape index (κ2) is 14.3. The van der Waals surface area contributed by atoms with Crippen LogP contribution >= 0.6 is 0 Å². The van der Waals surface area contributed by atoms with Gasteiger partial charge in [0.1, 0.15) is 0 Å². The Hall–Kier alpha value is -0.0800. The summed E-state index contributed by atoms with van der Waals surface area (Å²) in [6.45, 7) is 7.45. The topological polar surface area (TPSA) is 21.3 Å². The number of rotatable bonds is 14. The number of ether oxygens (including phenoxy) is 1. The molecule has 0 aromatic rings. The minimum atomic E-state index is 0.403. The third-order valence-corrected chi connectivity index (χ3v) is 3.89. The molecule has 0 bridgehead atoms. The SMILES string of the molecule is CCCCCCCCCC(NC)C(CCC)OCC. The van der Waals surface area contributed by atoms with E-state index in [-0.39, 0.29) is 0 Å². The van der Waals surface area contributed by atoms with E-state index in [0.29, 0.717) is 12.1 Å². The maximum Gasteiger partial charge on any atom is 0.0727 e. The molecule has 0 radical (unpaired) electrons. The maximum atomic E-state index is 5.88. The van der Waals surface area contributed by atoms with Gasteiger partial charge in [0, 0.05) is 12.6 Å². The molecule has 2 atom stereocenters. The van der Waals surface area contributed by atoms with Crippen LogP contribution < -0.4 is 5.32 Å². The van der Waals surface area contributed by atoms with Crippen LogP contribution in [0.1, 0.15) is 85.0 Å². The lowest BCUT2D eigenvalue weighted by atomic mass is 9.99. The Balaban J connectivity index is 3.71. The molecule has 19 heavy (non-hydrogen) atoms. The van der Waals surface area contributed by atoms with Crippen LogP contribution in [0.2, 0.25) is 0 Å². The highest BCUT2D eigenvalue weighted by molar-refractivity contribution is 4.75. The Bertz CT molecular complexity index is 167. The van der Waals surface area contributed by atoms with E-state index < -0.39 is 0 Å². The molecule has 116 valence electrons. The number of unbranched alkanes of at least 4 members (excludes halogenated alkanes) is 6. The van der Waals surface area contributed by atoms with Crippen LogP contribution in [0.3, 0.4) is 0 Å². The van der Waals surface area contributed by atoms with Gasteiger partial charge >= 0.3 is 0 Å². The largest absolute Gasteiger partial charge is 0.377 e. The van der Waals surface area contributed by atoms with Crippen LogP contribution in [0, 0.1) is 0 Å². The number of likely N-dealkylation sites (N-methyl/N-ethyl adjacent to an activating group) is 1. The van der Waals surface area contributed by atoms with Crippen molar-refractivity contribution in [3.63, 3.8) is 0 Å². The van der Waals surface area contributed by atoms with Crippen molar-refractivity contribution >= 4 is 0 Å². The molecule has 0 aliphatic rings. The lowest BCUT2D eigenvalue weighted by Gasteiger charge is -2.26. The maximum absolute atomic E-state index is 5.88. The molecule has 0 rings (SSSR count). The Labute approximate surface area is 121 Å². The zero-order valence-electron chi connectivity index (χ0n) is 13.8. The summed E-state index contributed by atoms with van der Waals surface area (Å²) >= 11 is 0. The van der Waals surface area contributed by atoms with Crippen LogP contribution in [0.4, 0.5) is 0 Å². The van der Waals surface area contributed by atoms with E-state index >= 15 is 0 Å². The number of hydrogen-bond donors (Lipinski definition) is 1. The molecule has 0 saturated heterocycles. The molecule has 0 aliphatic heterocycles. The van der Waals surface area contributed by atoms with E-state index in [1.165, 1.54) is 64.2 Å². The molecule has 0 aromatic heterocycles. The van der Waals surface area contributed by atoms with Crippen molar-refractivity contribution < 1.29 is 4.74 Å². The second-order valence-corrected chi connectivity index (χ2v) is 5.59. The van der Waals surface area contributed by atoms with Crippen LogP contribution in [0.5, 0.6) is 0 Å². The molecule has 1 N–H and O–H groups in total. The van der Waals surface area contributed by atoms with Gasteiger partial charge in [0.25, 0.3) is 0 Å². The van der Waals surface area contributed by atoms with Gasteiger partial charge in [-0.3, -0.25) is 0 Å². The molecule has 2 heteroatoms. The van der Waals surface area contributed by atoms with Gasteiger partial charge in [-0.05, 0) is 26.8 Å². The standard InChI is InChI=1S/C17H37NO/c1-5-8-9-10-11-12-13-15-16(18-4)17(14-6-2)19-7-3/h16-18H,5-15H2,1-4H3. The molecule has 0 aromatic carbocycles. The van der Waals surface area contributed by atoms with Gasteiger partial charge in [-0.1, -0.05) is 65.2 Å². The molecular formula is C17H37NO. The first kappa shape index (κ1) is 18.9. The first-order valence-electron chi connectivity index (χ1n) is 8.58. The van der Waals surface area contributed by atoms with Gasteiger partial charge in [-0.25, -0.2) is 0 Å². The molecule has 2 unspecified atom stereocenters. The van der Waals surface area contributed by atoms with Crippen molar-refractivity contribution in [1.29, 1.82) is 0 Å². The van der Waals surface area contributed by atoms with Crippen molar-refractivity contribution in [2.75, 3.05) is 13.7 Å². The van der Waals surface area contributed by atoms with Gasteiger partial charge in [0.2, 0.25) is 0 Å². The summed E-state index contributed by atoms with van der Waals surface area (Å²) in [6.07, 6.45) is 13.8. The third-order valence-electron chi connectivity index (χ3n) is 3.89. The predicted octanol–water partition coefficient (Wildman–Crippen LogP) is 4.92. The minimum absolute atomic E-state index is 0.403. The molecule has 0 aliphatic carbocycles. The van der Waals surface area contributed by atoms with Crippen LogP contribution in [0.25, 0.3) is 0 Å². The highest BCUT2D eigenvalue weighted by Gasteiger charge is 2.18. The van der Waals surface area contributed by atoms with E-state index in [1.807, 2.05) is 0 Å². The second-order valence-electron chi connectivity index (χ2n) is 5.59. The van der Waals surface area contributed by atoms with Gasteiger partial charge in [-0.2, -0.15) is 0 Å². The fourth-order valence-corrected chi connectivity index (χ4v) is 2.74. The zero-order chi connectivity index (χ0) is 14.3. The molecule has 0 spiro atoms. The van der Waals surface area contributed by atoms with E-state index in [2.05, 4.69) is 33.1 Å². The average Bonchev–Trinajstić information content (AvgIpc) is 2.42. The lowest BCUT2D eigenvalue weighted by molar-refractivity contribution is 0.0272. The van der Waals surface area contributed by atoms with E-state index in [9.17, 15) is 0 Å². The van der Waals surface area contributed by atoms with Crippen molar-refractivity contribution in [3.05, 3.63) is 0 Å². The normalized spacial score (nSPS) is 14.5.